The van der Waals surface area contributed by atoms with Crippen molar-refractivity contribution in [3.8, 4) is 23.2 Å². The summed E-state index contributed by atoms with van der Waals surface area (Å²) in [5, 5.41) is 26.1. The molecule has 0 spiro atoms. The Kier molecular flexibility index (Phi) is 5.54. The molecule has 9 heteroatoms. The largest absolute Gasteiger partial charge is 0.470 e. The minimum absolute atomic E-state index is 0.0201. The van der Waals surface area contributed by atoms with E-state index in [1.807, 2.05) is 25.1 Å². The van der Waals surface area contributed by atoms with Gasteiger partial charge in [-0.3, -0.25) is 0 Å². The second-order valence-corrected chi connectivity index (χ2v) is 8.48. The highest BCUT2D eigenvalue weighted by Crippen LogP contribution is 2.41. The van der Waals surface area contributed by atoms with Crippen LogP contribution in [-0.4, -0.2) is 52.5 Å². The molecule has 9 nitrogen and oxygen atoms in total. The van der Waals surface area contributed by atoms with Crippen LogP contribution in [0.2, 0.25) is 0 Å². The van der Waals surface area contributed by atoms with Crippen LogP contribution in [0, 0.1) is 11.3 Å². The van der Waals surface area contributed by atoms with Crippen LogP contribution in [0.5, 0.6) is 5.88 Å². The van der Waals surface area contributed by atoms with Gasteiger partial charge in [-0.2, -0.15) is 5.26 Å². The van der Waals surface area contributed by atoms with Crippen molar-refractivity contribution in [3.05, 3.63) is 53.9 Å². The zero-order chi connectivity index (χ0) is 22.8. The van der Waals surface area contributed by atoms with Crippen molar-refractivity contribution in [2.45, 2.75) is 24.9 Å². The minimum atomic E-state index is -0.461. The Bertz CT molecular complexity index is 1220. The Hall–Kier alpha value is -3.74. The van der Waals surface area contributed by atoms with E-state index >= 15 is 0 Å². The number of fused-ring (bicyclic) bond motifs is 1. The van der Waals surface area contributed by atoms with E-state index in [4.69, 9.17) is 9.47 Å². The fraction of sp³-hybridized carbons (Fsp3) is 0.333. The van der Waals surface area contributed by atoms with Gasteiger partial charge in [-0.1, -0.05) is 6.92 Å². The van der Waals surface area contributed by atoms with Crippen LogP contribution < -0.4 is 15.4 Å². The minimum Gasteiger partial charge on any atom is -0.470 e. The highest BCUT2D eigenvalue weighted by molar-refractivity contribution is 5.76. The maximum absolute atomic E-state index is 9.95. The first-order valence-corrected chi connectivity index (χ1v) is 10.8. The summed E-state index contributed by atoms with van der Waals surface area (Å²) in [6.45, 7) is 3.75. The molecule has 2 aromatic heterocycles. The molecule has 3 N–H and O–H groups in total. The summed E-state index contributed by atoms with van der Waals surface area (Å²) in [4.78, 5) is 13.4. The molecule has 1 saturated heterocycles. The van der Waals surface area contributed by atoms with E-state index in [9.17, 15) is 10.4 Å². The number of pyridine rings is 1. The van der Waals surface area contributed by atoms with Gasteiger partial charge in [0.25, 0.3) is 0 Å². The summed E-state index contributed by atoms with van der Waals surface area (Å²) in [5.74, 6) is 0.853. The van der Waals surface area contributed by atoms with Crippen molar-refractivity contribution in [1.29, 1.82) is 5.26 Å². The van der Waals surface area contributed by atoms with Crippen LogP contribution in [0.25, 0.3) is 11.3 Å². The van der Waals surface area contributed by atoms with Crippen molar-refractivity contribution in [3.63, 3.8) is 0 Å². The SMILES string of the molecule is C[C@]1(CO)CNc2c(C#N)cc(-c3ccnc(Nc4cccnc4O[C@H]4CCOC4)n3)cc21. The van der Waals surface area contributed by atoms with E-state index in [0.717, 1.165) is 23.2 Å². The molecule has 0 aliphatic carbocycles. The van der Waals surface area contributed by atoms with E-state index in [1.165, 1.54) is 0 Å². The van der Waals surface area contributed by atoms with Crippen LogP contribution in [-0.2, 0) is 10.2 Å². The maximum atomic E-state index is 9.95. The monoisotopic (exact) mass is 444 g/mol. The fourth-order valence-corrected chi connectivity index (χ4v) is 4.11. The van der Waals surface area contributed by atoms with Gasteiger partial charge in [0.1, 0.15) is 17.9 Å². The number of rotatable bonds is 6. The van der Waals surface area contributed by atoms with Crippen molar-refractivity contribution < 1.29 is 14.6 Å². The third-order valence-corrected chi connectivity index (χ3v) is 6.05. The Morgan fingerprint density at radius 1 is 1.33 bits per heavy atom. The number of nitriles is 1. The molecule has 2 aliphatic rings. The topological polar surface area (TPSA) is 125 Å². The van der Waals surface area contributed by atoms with Crippen molar-refractivity contribution in [2.75, 3.05) is 37.0 Å². The van der Waals surface area contributed by atoms with Gasteiger partial charge in [0, 0.05) is 36.3 Å². The number of hydrogen-bond donors (Lipinski definition) is 3. The highest BCUT2D eigenvalue weighted by atomic mass is 16.5. The molecule has 5 rings (SSSR count). The number of hydrogen-bond acceptors (Lipinski definition) is 9. The van der Waals surface area contributed by atoms with Gasteiger partial charge >= 0.3 is 0 Å². The molecule has 3 aromatic rings. The number of aliphatic hydroxyl groups is 1. The Labute approximate surface area is 191 Å². The first kappa shape index (κ1) is 21.1. The van der Waals surface area contributed by atoms with Gasteiger partial charge in [0.2, 0.25) is 11.8 Å². The Morgan fingerprint density at radius 2 is 2.24 bits per heavy atom. The molecule has 1 aromatic carbocycles. The molecule has 2 atom stereocenters. The smallest absolute Gasteiger partial charge is 0.238 e. The summed E-state index contributed by atoms with van der Waals surface area (Å²) in [6.07, 6.45) is 4.13. The molecule has 0 bridgehead atoms. The summed E-state index contributed by atoms with van der Waals surface area (Å²) < 4.78 is 11.4. The molecule has 0 amide bonds. The standard InChI is InChI=1S/C24H24N6O3/c1-24(14-31)13-28-21-16(11-25)9-15(10-18(21)24)19-4-7-27-23(29-19)30-20-3-2-6-26-22(20)33-17-5-8-32-12-17/h2-4,6-7,9-10,17,28,31H,5,8,12-14H2,1H3,(H,27,29,30)/t17-,24+/m0/s1. The zero-order valence-corrected chi connectivity index (χ0v) is 18.2. The molecule has 168 valence electrons. The van der Waals surface area contributed by atoms with Crippen LogP contribution >= 0.6 is 0 Å². The van der Waals surface area contributed by atoms with Gasteiger partial charge in [-0.05, 0) is 35.9 Å². The van der Waals surface area contributed by atoms with Crippen LogP contribution in [0.3, 0.4) is 0 Å². The lowest BCUT2D eigenvalue weighted by molar-refractivity contribution is 0.138. The third kappa shape index (κ3) is 4.06. The predicted molar refractivity (Wildman–Crippen MR) is 122 cm³/mol. The van der Waals surface area contributed by atoms with Crippen LogP contribution in [0.1, 0.15) is 24.5 Å². The molecule has 0 saturated carbocycles. The number of nitrogens with one attached hydrogen (secondary N) is 2. The lowest BCUT2D eigenvalue weighted by Crippen LogP contribution is -2.28. The summed E-state index contributed by atoms with van der Waals surface area (Å²) >= 11 is 0. The Morgan fingerprint density at radius 3 is 3.03 bits per heavy atom. The van der Waals surface area contributed by atoms with Crippen molar-refractivity contribution in [1.82, 2.24) is 15.0 Å². The van der Waals surface area contributed by atoms with Gasteiger partial charge in [0.05, 0.1) is 36.8 Å². The average Bonchev–Trinajstić information content (AvgIpc) is 3.48. The molecule has 33 heavy (non-hydrogen) atoms. The maximum Gasteiger partial charge on any atom is 0.238 e. The van der Waals surface area contributed by atoms with Crippen LogP contribution in [0.4, 0.5) is 17.3 Å². The summed E-state index contributed by atoms with van der Waals surface area (Å²) in [6, 6.07) is 11.5. The molecular weight excluding hydrogens is 420 g/mol. The summed E-state index contributed by atoms with van der Waals surface area (Å²) in [5.41, 5.74) is 3.85. The fourth-order valence-electron chi connectivity index (χ4n) is 4.11. The van der Waals surface area contributed by atoms with Gasteiger partial charge in [0.15, 0.2) is 0 Å². The van der Waals surface area contributed by atoms with Crippen molar-refractivity contribution in [2.24, 2.45) is 0 Å². The van der Waals surface area contributed by atoms with Crippen LogP contribution in [0.15, 0.2) is 42.7 Å². The molecular formula is C24H24N6O3. The second-order valence-electron chi connectivity index (χ2n) is 8.48. The number of aliphatic hydroxyl groups excluding tert-OH is 1. The third-order valence-electron chi connectivity index (χ3n) is 6.05. The summed E-state index contributed by atoms with van der Waals surface area (Å²) in [7, 11) is 0. The molecule has 4 heterocycles. The molecule has 2 aliphatic heterocycles. The quantitative estimate of drug-likeness (QED) is 0.526. The highest BCUT2D eigenvalue weighted by Gasteiger charge is 2.36. The number of aromatic nitrogens is 3. The average molecular weight is 444 g/mol. The Balaban J connectivity index is 1.46. The van der Waals surface area contributed by atoms with E-state index in [0.29, 0.717) is 48.5 Å². The second kappa shape index (κ2) is 8.65. The molecule has 1 fully saturated rings. The van der Waals surface area contributed by atoms with Gasteiger partial charge in [-0.15, -0.1) is 0 Å². The molecule has 0 radical (unpaired) electrons. The number of ether oxygens (including phenoxy) is 2. The number of nitrogens with zero attached hydrogens (tertiary/aromatic N) is 4. The van der Waals surface area contributed by atoms with E-state index in [1.54, 1.807) is 24.5 Å². The lowest BCUT2D eigenvalue weighted by Gasteiger charge is -2.21. The predicted octanol–water partition coefficient (Wildman–Crippen LogP) is 3.00. The first-order chi connectivity index (χ1) is 16.1. The number of benzene rings is 1. The van der Waals surface area contributed by atoms with Gasteiger partial charge < -0.3 is 25.2 Å². The van der Waals surface area contributed by atoms with E-state index in [2.05, 4.69) is 31.7 Å². The van der Waals surface area contributed by atoms with Crippen molar-refractivity contribution >= 4 is 17.3 Å². The molecule has 0 unspecified atom stereocenters. The number of anilines is 3. The normalized spacial score (nSPS) is 21.2. The zero-order valence-electron chi connectivity index (χ0n) is 18.2. The van der Waals surface area contributed by atoms with E-state index in [-0.39, 0.29) is 12.7 Å². The van der Waals surface area contributed by atoms with E-state index < -0.39 is 5.41 Å². The lowest BCUT2D eigenvalue weighted by atomic mass is 9.83. The van der Waals surface area contributed by atoms with Gasteiger partial charge in [-0.25, -0.2) is 15.0 Å². The first-order valence-electron chi connectivity index (χ1n) is 10.8.